The lowest BCUT2D eigenvalue weighted by molar-refractivity contribution is -0.124. The Hall–Kier alpha value is -1.39. The van der Waals surface area contributed by atoms with Gasteiger partial charge in [-0.1, -0.05) is 18.2 Å². The van der Waals surface area contributed by atoms with Gasteiger partial charge in [0.1, 0.15) is 0 Å². The third-order valence-corrected chi connectivity index (χ3v) is 4.08. The summed E-state index contributed by atoms with van der Waals surface area (Å²) in [6.45, 7) is 3.66. The molecule has 1 amide bonds. The van der Waals surface area contributed by atoms with E-state index in [-0.39, 0.29) is 11.8 Å². The summed E-state index contributed by atoms with van der Waals surface area (Å²) in [5, 5.41) is 6.56. The van der Waals surface area contributed by atoms with Crippen LogP contribution in [0.1, 0.15) is 12.8 Å². The Morgan fingerprint density at radius 2 is 1.74 bits per heavy atom. The quantitative estimate of drug-likeness (QED) is 0.851. The molecule has 0 radical (unpaired) electrons. The zero-order chi connectivity index (χ0) is 13.1. The van der Waals surface area contributed by atoms with E-state index in [1.165, 1.54) is 0 Å². The van der Waals surface area contributed by atoms with Gasteiger partial charge in [0.25, 0.3) is 0 Å². The molecular formula is C15H21N3O. The average molecular weight is 259 g/mol. The second-order valence-corrected chi connectivity index (χ2v) is 5.38. The molecule has 19 heavy (non-hydrogen) atoms. The number of carbonyl (C=O) groups is 1. The molecule has 0 bridgehead atoms. The van der Waals surface area contributed by atoms with E-state index < -0.39 is 0 Å². The summed E-state index contributed by atoms with van der Waals surface area (Å²) in [6, 6.07) is 10.5. The summed E-state index contributed by atoms with van der Waals surface area (Å²) in [7, 11) is 0. The average Bonchev–Trinajstić information content (AvgIpc) is 2.39. The van der Waals surface area contributed by atoms with Gasteiger partial charge >= 0.3 is 0 Å². The number of nitrogens with zero attached hydrogens (tertiary/aromatic N) is 1. The van der Waals surface area contributed by atoms with Crippen molar-refractivity contribution in [2.24, 2.45) is 5.92 Å². The standard InChI is InChI=1S/C15H21N3O/c19-15(12-10-17-11-12)18(13-4-2-1-3-5-13)14-6-8-16-9-7-14/h1-5,12,14,16-17H,6-11H2. The number of rotatable bonds is 3. The molecule has 0 spiro atoms. The molecule has 2 aliphatic heterocycles. The van der Waals surface area contributed by atoms with Gasteiger partial charge in [0, 0.05) is 24.8 Å². The van der Waals surface area contributed by atoms with Crippen LogP contribution >= 0.6 is 0 Å². The van der Waals surface area contributed by atoms with Crippen molar-refractivity contribution < 1.29 is 4.79 Å². The Bertz CT molecular complexity index is 424. The van der Waals surface area contributed by atoms with Gasteiger partial charge in [0.15, 0.2) is 0 Å². The lowest BCUT2D eigenvalue weighted by atomic mass is 9.97. The lowest BCUT2D eigenvalue weighted by Gasteiger charge is -2.39. The topological polar surface area (TPSA) is 44.4 Å². The van der Waals surface area contributed by atoms with E-state index in [0.717, 1.165) is 44.7 Å². The number of piperidine rings is 1. The van der Waals surface area contributed by atoms with Gasteiger partial charge in [-0.3, -0.25) is 4.79 Å². The molecule has 0 atom stereocenters. The second-order valence-electron chi connectivity index (χ2n) is 5.38. The van der Waals surface area contributed by atoms with E-state index in [4.69, 9.17) is 0 Å². The van der Waals surface area contributed by atoms with Gasteiger partial charge in [-0.05, 0) is 38.1 Å². The van der Waals surface area contributed by atoms with Crippen LogP contribution in [0.15, 0.2) is 30.3 Å². The van der Waals surface area contributed by atoms with Crippen LogP contribution in [0.25, 0.3) is 0 Å². The highest BCUT2D eigenvalue weighted by atomic mass is 16.2. The molecule has 2 aliphatic rings. The fraction of sp³-hybridized carbons (Fsp3) is 0.533. The molecule has 4 nitrogen and oxygen atoms in total. The van der Waals surface area contributed by atoms with Gasteiger partial charge in [-0.15, -0.1) is 0 Å². The van der Waals surface area contributed by atoms with Crippen LogP contribution in [0, 0.1) is 5.92 Å². The minimum atomic E-state index is 0.162. The van der Waals surface area contributed by atoms with Gasteiger partial charge in [-0.25, -0.2) is 0 Å². The number of hydrogen-bond acceptors (Lipinski definition) is 3. The van der Waals surface area contributed by atoms with Crippen LogP contribution in [0.4, 0.5) is 5.69 Å². The number of benzene rings is 1. The van der Waals surface area contributed by atoms with Crippen molar-refractivity contribution in [2.45, 2.75) is 18.9 Å². The Kier molecular flexibility index (Phi) is 3.80. The summed E-state index contributed by atoms with van der Waals surface area (Å²) in [5.41, 5.74) is 1.05. The first-order valence-electron chi connectivity index (χ1n) is 7.16. The summed E-state index contributed by atoms with van der Waals surface area (Å²) >= 11 is 0. The number of hydrogen-bond donors (Lipinski definition) is 2. The fourth-order valence-electron chi connectivity index (χ4n) is 2.83. The smallest absolute Gasteiger partial charge is 0.232 e. The monoisotopic (exact) mass is 259 g/mol. The maximum atomic E-state index is 12.7. The molecule has 2 N–H and O–H groups in total. The molecule has 2 fully saturated rings. The summed E-state index contributed by atoms with van der Waals surface area (Å²) in [4.78, 5) is 14.7. The minimum Gasteiger partial charge on any atom is -0.317 e. The van der Waals surface area contributed by atoms with Crippen molar-refractivity contribution >= 4 is 11.6 Å². The number of nitrogens with one attached hydrogen (secondary N) is 2. The molecule has 102 valence electrons. The largest absolute Gasteiger partial charge is 0.317 e. The molecule has 0 unspecified atom stereocenters. The number of para-hydroxylation sites is 1. The maximum absolute atomic E-state index is 12.7. The highest BCUT2D eigenvalue weighted by Crippen LogP contribution is 2.24. The first-order valence-corrected chi connectivity index (χ1v) is 7.16. The molecule has 1 aromatic rings. The Morgan fingerprint density at radius 3 is 2.32 bits per heavy atom. The number of anilines is 1. The van der Waals surface area contributed by atoms with Crippen molar-refractivity contribution in [2.75, 3.05) is 31.1 Å². The predicted octanol–water partition coefficient (Wildman–Crippen LogP) is 0.991. The molecule has 4 heteroatoms. The van der Waals surface area contributed by atoms with E-state index >= 15 is 0 Å². The molecule has 3 rings (SSSR count). The fourth-order valence-corrected chi connectivity index (χ4v) is 2.83. The van der Waals surface area contributed by atoms with Crippen LogP contribution in [0.2, 0.25) is 0 Å². The van der Waals surface area contributed by atoms with E-state index in [1.54, 1.807) is 0 Å². The first kappa shape index (κ1) is 12.6. The van der Waals surface area contributed by atoms with Crippen molar-refractivity contribution in [1.29, 1.82) is 0 Å². The third-order valence-electron chi connectivity index (χ3n) is 4.08. The maximum Gasteiger partial charge on any atom is 0.232 e. The van der Waals surface area contributed by atoms with Crippen LogP contribution in [-0.4, -0.2) is 38.1 Å². The molecule has 2 heterocycles. The molecule has 1 aromatic carbocycles. The molecular weight excluding hydrogens is 238 g/mol. The van der Waals surface area contributed by atoms with Crippen molar-refractivity contribution in [1.82, 2.24) is 10.6 Å². The number of amides is 1. The van der Waals surface area contributed by atoms with E-state index in [2.05, 4.69) is 10.6 Å². The zero-order valence-corrected chi connectivity index (χ0v) is 11.1. The summed E-state index contributed by atoms with van der Waals surface area (Å²) < 4.78 is 0. The second kappa shape index (κ2) is 5.72. The van der Waals surface area contributed by atoms with Gasteiger partial charge in [-0.2, -0.15) is 0 Å². The Balaban J connectivity index is 1.83. The minimum absolute atomic E-state index is 0.162. The van der Waals surface area contributed by atoms with Crippen LogP contribution in [0.5, 0.6) is 0 Å². The molecule has 0 saturated carbocycles. The van der Waals surface area contributed by atoms with Gasteiger partial charge < -0.3 is 15.5 Å². The van der Waals surface area contributed by atoms with E-state index in [1.807, 2.05) is 35.2 Å². The Labute approximate surface area is 114 Å². The predicted molar refractivity (Wildman–Crippen MR) is 76.2 cm³/mol. The van der Waals surface area contributed by atoms with Crippen LogP contribution in [0.3, 0.4) is 0 Å². The van der Waals surface area contributed by atoms with Gasteiger partial charge in [0.05, 0.1) is 5.92 Å². The van der Waals surface area contributed by atoms with Crippen LogP contribution in [-0.2, 0) is 4.79 Å². The SMILES string of the molecule is O=C(C1CNC1)N(c1ccccc1)C1CCNCC1. The Morgan fingerprint density at radius 1 is 1.05 bits per heavy atom. The number of carbonyl (C=O) groups excluding carboxylic acids is 1. The van der Waals surface area contributed by atoms with E-state index in [0.29, 0.717) is 6.04 Å². The van der Waals surface area contributed by atoms with E-state index in [9.17, 15) is 4.79 Å². The van der Waals surface area contributed by atoms with Crippen molar-refractivity contribution in [3.63, 3.8) is 0 Å². The lowest BCUT2D eigenvalue weighted by Crippen LogP contribution is -2.56. The molecule has 2 saturated heterocycles. The van der Waals surface area contributed by atoms with Crippen LogP contribution < -0.4 is 15.5 Å². The first-order chi connectivity index (χ1) is 9.36. The summed E-state index contributed by atoms with van der Waals surface area (Å²) in [5.74, 6) is 0.451. The highest BCUT2D eigenvalue weighted by molar-refractivity contribution is 5.96. The van der Waals surface area contributed by atoms with Crippen molar-refractivity contribution in [3.05, 3.63) is 30.3 Å². The normalized spacial score (nSPS) is 20.8. The molecule has 0 aromatic heterocycles. The van der Waals surface area contributed by atoms with Gasteiger partial charge in [0.2, 0.25) is 5.91 Å². The third kappa shape index (κ3) is 2.65. The highest BCUT2D eigenvalue weighted by Gasteiger charge is 2.34. The summed E-state index contributed by atoms with van der Waals surface area (Å²) in [6.07, 6.45) is 2.08. The molecule has 0 aliphatic carbocycles. The van der Waals surface area contributed by atoms with Crippen molar-refractivity contribution in [3.8, 4) is 0 Å². The zero-order valence-electron chi connectivity index (χ0n) is 11.1.